The lowest BCUT2D eigenvalue weighted by atomic mass is 9.70. The summed E-state index contributed by atoms with van der Waals surface area (Å²) in [6.07, 6.45) is 6.83. The summed E-state index contributed by atoms with van der Waals surface area (Å²) >= 11 is 1.46. The molecule has 4 heterocycles. The van der Waals surface area contributed by atoms with E-state index in [1.165, 1.54) is 16.9 Å². The van der Waals surface area contributed by atoms with Crippen molar-refractivity contribution in [1.82, 2.24) is 24.3 Å². The van der Waals surface area contributed by atoms with Gasteiger partial charge in [-0.2, -0.15) is 0 Å². The van der Waals surface area contributed by atoms with E-state index in [0.717, 1.165) is 18.5 Å². The molecule has 0 aliphatic carbocycles. The van der Waals surface area contributed by atoms with E-state index in [2.05, 4.69) is 27.1 Å². The van der Waals surface area contributed by atoms with Crippen LogP contribution < -0.4 is 5.73 Å². The van der Waals surface area contributed by atoms with Crippen LogP contribution in [-0.2, 0) is 5.41 Å². The van der Waals surface area contributed by atoms with E-state index >= 15 is 0 Å². The molecular weight excluding hydrogens is 384 g/mol. The average Bonchev–Trinajstić information content (AvgIpc) is 3.40. The van der Waals surface area contributed by atoms with Gasteiger partial charge in [-0.1, -0.05) is 30.3 Å². The Morgan fingerprint density at radius 2 is 1.90 bits per heavy atom. The number of piperidine rings is 1. The van der Waals surface area contributed by atoms with Crippen molar-refractivity contribution < 1.29 is 4.79 Å². The van der Waals surface area contributed by atoms with E-state index in [1.54, 1.807) is 16.8 Å². The molecule has 0 spiro atoms. The maximum atomic E-state index is 13.0. The fraction of sp³-hybridized carbons (Fsp3) is 0.238. The number of hydrogen-bond acceptors (Lipinski definition) is 6. The second-order valence-corrected chi connectivity index (χ2v) is 8.15. The molecule has 7 nitrogen and oxygen atoms in total. The molecule has 0 radical (unpaired) electrons. The van der Waals surface area contributed by atoms with E-state index in [4.69, 9.17) is 5.73 Å². The van der Waals surface area contributed by atoms with Gasteiger partial charge in [0.25, 0.3) is 5.91 Å². The Morgan fingerprint density at radius 3 is 2.59 bits per heavy atom. The van der Waals surface area contributed by atoms with Crippen LogP contribution in [0.1, 0.15) is 34.6 Å². The number of nitrogens with two attached hydrogens (primary N) is 1. The number of carbonyl (C=O) groups is 1. The second kappa shape index (κ2) is 6.97. The summed E-state index contributed by atoms with van der Waals surface area (Å²) in [6.45, 7) is 1.26. The molecule has 1 aromatic carbocycles. The molecule has 1 aliphatic heterocycles. The van der Waals surface area contributed by atoms with Crippen molar-refractivity contribution in [3.05, 3.63) is 77.3 Å². The number of hydrogen-bond donors (Lipinski definition) is 1. The van der Waals surface area contributed by atoms with Gasteiger partial charge >= 0.3 is 0 Å². The lowest BCUT2D eigenvalue weighted by Crippen LogP contribution is -2.46. The summed E-state index contributed by atoms with van der Waals surface area (Å²) in [7, 11) is 0. The summed E-state index contributed by atoms with van der Waals surface area (Å²) in [5.41, 5.74) is 8.34. The Hall–Kier alpha value is -3.26. The number of likely N-dealkylation sites (tertiary alicyclic amines) is 1. The number of amides is 1. The predicted molar refractivity (Wildman–Crippen MR) is 112 cm³/mol. The van der Waals surface area contributed by atoms with E-state index in [1.807, 2.05) is 40.7 Å². The van der Waals surface area contributed by atoms with Gasteiger partial charge in [-0.3, -0.25) is 9.20 Å². The first-order valence-electron chi connectivity index (χ1n) is 9.52. The number of rotatable bonds is 3. The van der Waals surface area contributed by atoms with Gasteiger partial charge in [0.15, 0.2) is 5.13 Å². The topological polar surface area (TPSA) is 89.4 Å². The molecule has 3 aromatic heterocycles. The third-order valence-corrected chi connectivity index (χ3v) is 6.37. The Kier molecular flexibility index (Phi) is 4.28. The van der Waals surface area contributed by atoms with E-state index in [-0.39, 0.29) is 11.3 Å². The van der Waals surface area contributed by atoms with Gasteiger partial charge in [-0.05, 0) is 24.5 Å². The molecular formula is C21H20N6OS. The maximum absolute atomic E-state index is 13.0. The fourth-order valence-corrected chi connectivity index (χ4v) is 4.81. The largest absolute Gasteiger partial charge is 0.375 e. The van der Waals surface area contributed by atoms with Crippen molar-refractivity contribution in [2.45, 2.75) is 18.3 Å². The fourth-order valence-electron chi connectivity index (χ4n) is 4.14. The van der Waals surface area contributed by atoms with Gasteiger partial charge in [0.2, 0.25) is 5.78 Å². The number of fused-ring (bicyclic) bond motifs is 1. The quantitative estimate of drug-likeness (QED) is 0.567. The second-order valence-electron chi connectivity index (χ2n) is 7.26. The highest BCUT2D eigenvalue weighted by atomic mass is 32.1. The van der Waals surface area contributed by atoms with Crippen LogP contribution in [0.3, 0.4) is 0 Å². The standard InChI is InChI=1S/C21H20N6OS/c22-19-25-17(14-29-19)21(15-5-2-1-3-6-15)7-11-26(12-8-21)18(28)16-13-27-10-4-9-23-20(27)24-16/h1-6,9-10,13-14H,7-8,11-12H2,(H2,22,25). The third kappa shape index (κ3) is 3.05. The van der Waals surface area contributed by atoms with Crippen LogP contribution in [0.5, 0.6) is 0 Å². The van der Waals surface area contributed by atoms with Crippen LogP contribution in [0.25, 0.3) is 5.78 Å². The zero-order valence-electron chi connectivity index (χ0n) is 15.7. The molecule has 5 rings (SSSR count). The molecule has 0 bridgehead atoms. The monoisotopic (exact) mass is 404 g/mol. The number of nitrogens with zero attached hydrogens (tertiary/aromatic N) is 5. The molecule has 4 aromatic rings. The Balaban J connectivity index is 1.42. The SMILES string of the molecule is Nc1nc(C2(c3ccccc3)CCN(C(=O)c3cn4cccnc4n3)CC2)cs1. The first kappa shape index (κ1) is 17.8. The first-order chi connectivity index (χ1) is 14.2. The van der Waals surface area contributed by atoms with Gasteiger partial charge < -0.3 is 10.6 Å². The van der Waals surface area contributed by atoms with Gasteiger partial charge in [0, 0.05) is 42.5 Å². The molecule has 29 heavy (non-hydrogen) atoms. The van der Waals surface area contributed by atoms with Crippen LogP contribution in [0, 0.1) is 0 Å². The summed E-state index contributed by atoms with van der Waals surface area (Å²) < 4.78 is 1.77. The maximum Gasteiger partial charge on any atom is 0.274 e. The van der Waals surface area contributed by atoms with Crippen molar-refractivity contribution in [2.75, 3.05) is 18.8 Å². The van der Waals surface area contributed by atoms with Gasteiger partial charge in [0.05, 0.1) is 5.69 Å². The number of imidazole rings is 1. The molecule has 1 amide bonds. The van der Waals surface area contributed by atoms with Gasteiger partial charge in [0.1, 0.15) is 5.69 Å². The van der Waals surface area contributed by atoms with Crippen LogP contribution in [0.4, 0.5) is 5.13 Å². The number of nitrogen functional groups attached to an aromatic ring is 1. The van der Waals surface area contributed by atoms with Crippen molar-refractivity contribution >= 4 is 28.2 Å². The first-order valence-corrected chi connectivity index (χ1v) is 10.4. The van der Waals surface area contributed by atoms with Crippen LogP contribution >= 0.6 is 11.3 Å². The number of anilines is 1. The number of carbonyl (C=O) groups excluding carboxylic acids is 1. The highest BCUT2D eigenvalue weighted by Gasteiger charge is 2.41. The van der Waals surface area contributed by atoms with Crippen molar-refractivity contribution in [2.24, 2.45) is 0 Å². The van der Waals surface area contributed by atoms with Crippen LogP contribution in [0.15, 0.2) is 60.4 Å². The Labute approximate surface area is 171 Å². The van der Waals surface area contributed by atoms with Crippen molar-refractivity contribution in [1.29, 1.82) is 0 Å². The molecule has 0 saturated carbocycles. The minimum atomic E-state index is -0.230. The van der Waals surface area contributed by atoms with E-state index in [9.17, 15) is 4.79 Å². The average molecular weight is 404 g/mol. The molecule has 0 unspecified atom stereocenters. The van der Waals surface area contributed by atoms with Crippen molar-refractivity contribution in [3.8, 4) is 0 Å². The minimum Gasteiger partial charge on any atom is -0.375 e. The highest BCUT2D eigenvalue weighted by molar-refractivity contribution is 7.13. The summed E-state index contributed by atoms with van der Waals surface area (Å²) in [6, 6.07) is 12.2. The lowest BCUT2D eigenvalue weighted by molar-refractivity contribution is 0.0679. The number of benzene rings is 1. The van der Waals surface area contributed by atoms with Crippen molar-refractivity contribution in [3.63, 3.8) is 0 Å². The number of aromatic nitrogens is 4. The van der Waals surface area contributed by atoms with E-state index < -0.39 is 0 Å². The zero-order valence-corrected chi connectivity index (χ0v) is 16.5. The van der Waals surface area contributed by atoms with Gasteiger partial charge in [-0.25, -0.2) is 15.0 Å². The molecule has 1 fully saturated rings. The molecule has 0 atom stereocenters. The van der Waals surface area contributed by atoms with Crippen LogP contribution in [-0.4, -0.2) is 43.2 Å². The molecule has 2 N–H and O–H groups in total. The normalized spacial score (nSPS) is 16.2. The van der Waals surface area contributed by atoms with E-state index in [0.29, 0.717) is 29.7 Å². The smallest absolute Gasteiger partial charge is 0.274 e. The summed E-state index contributed by atoms with van der Waals surface area (Å²) in [4.78, 5) is 28.1. The van der Waals surface area contributed by atoms with Crippen LogP contribution in [0.2, 0.25) is 0 Å². The summed E-state index contributed by atoms with van der Waals surface area (Å²) in [5.74, 6) is 0.472. The molecule has 8 heteroatoms. The predicted octanol–water partition coefficient (Wildman–Crippen LogP) is 2.99. The van der Waals surface area contributed by atoms with Gasteiger partial charge in [-0.15, -0.1) is 11.3 Å². The zero-order chi connectivity index (χ0) is 19.8. The minimum absolute atomic E-state index is 0.0602. The highest BCUT2D eigenvalue weighted by Crippen LogP contribution is 2.42. The third-order valence-electron chi connectivity index (χ3n) is 5.70. The Bertz CT molecular complexity index is 1130. The summed E-state index contributed by atoms with van der Waals surface area (Å²) in [5, 5.41) is 2.62. The molecule has 1 saturated heterocycles. The molecule has 1 aliphatic rings. The molecule has 146 valence electrons. The Morgan fingerprint density at radius 1 is 1.10 bits per heavy atom. The lowest BCUT2D eigenvalue weighted by Gasteiger charge is -2.41. The number of thiazole rings is 1.